The quantitative estimate of drug-likeness (QED) is 0.832. The lowest BCUT2D eigenvalue weighted by molar-refractivity contribution is -0.134. The highest BCUT2D eigenvalue weighted by Gasteiger charge is 2.40. The van der Waals surface area contributed by atoms with Gasteiger partial charge in [0.15, 0.2) is 0 Å². The van der Waals surface area contributed by atoms with Gasteiger partial charge in [-0.3, -0.25) is 4.79 Å². The van der Waals surface area contributed by atoms with Crippen molar-refractivity contribution < 1.29 is 4.79 Å². The van der Waals surface area contributed by atoms with Crippen LogP contribution in [0, 0.1) is 5.92 Å². The molecule has 0 spiro atoms. The first kappa shape index (κ1) is 17.5. The lowest BCUT2D eigenvalue weighted by Gasteiger charge is -2.49. The Morgan fingerprint density at radius 3 is 2.73 bits per heavy atom. The van der Waals surface area contributed by atoms with Crippen molar-refractivity contribution in [3.05, 3.63) is 48.0 Å². The zero-order valence-corrected chi connectivity index (χ0v) is 16.0. The minimum atomic E-state index is 0.256. The molecule has 2 aromatic rings. The van der Waals surface area contributed by atoms with Crippen LogP contribution in [0.1, 0.15) is 37.7 Å². The maximum absolute atomic E-state index is 13.1. The first-order valence-electron chi connectivity index (χ1n) is 10.1. The summed E-state index contributed by atoms with van der Waals surface area (Å²) in [7, 11) is 4.28. The van der Waals surface area contributed by atoms with Gasteiger partial charge in [-0.25, -0.2) is 0 Å². The molecule has 3 atom stereocenters. The molecule has 1 amide bonds. The molecule has 1 aliphatic heterocycles. The fourth-order valence-corrected chi connectivity index (χ4v) is 5.31. The Bertz CT molecular complexity index is 779. The fraction of sp³-hybridized carbons (Fsp3) is 0.522. The molecule has 138 valence electrons. The minimum Gasteiger partial charge on any atom is -0.341 e. The number of amides is 1. The van der Waals surface area contributed by atoms with E-state index in [4.69, 9.17) is 0 Å². The third-order valence-electron chi connectivity index (χ3n) is 6.66. The number of carbonyl (C=O) groups is 1. The summed E-state index contributed by atoms with van der Waals surface area (Å²) in [5.41, 5.74) is 1.14. The Balaban J connectivity index is 1.53. The van der Waals surface area contributed by atoms with Gasteiger partial charge in [-0.1, -0.05) is 48.9 Å². The standard InChI is InChI=1S/C23H30N2O/c1-24-15-7-12-18-10-6-14-21(23(18)24)25(2)22(26)16-19-11-5-9-17-8-3-4-13-20(17)19/h3-5,8-9,11,13,18,21,23H,6-7,10,12,14-16H2,1-2H3. The lowest BCUT2D eigenvalue weighted by Crippen LogP contribution is -2.58. The number of hydrogen-bond acceptors (Lipinski definition) is 2. The molecule has 2 aromatic carbocycles. The van der Waals surface area contributed by atoms with Crippen molar-refractivity contribution in [2.24, 2.45) is 5.92 Å². The molecule has 26 heavy (non-hydrogen) atoms. The first-order chi connectivity index (χ1) is 12.6. The second kappa shape index (κ2) is 7.40. The molecule has 3 nitrogen and oxygen atoms in total. The van der Waals surface area contributed by atoms with Crippen molar-refractivity contribution in [3.63, 3.8) is 0 Å². The molecule has 1 saturated heterocycles. The molecule has 2 aliphatic rings. The van der Waals surface area contributed by atoms with E-state index in [0.29, 0.717) is 18.5 Å². The summed E-state index contributed by atoms with van der Waals surface area (Å²) < 4.78 is 0. The summed E-state index contributed by atoms with van der Waals surface area (Å²) in [6.45, 7) is 1.17. The van der Waals surface area contributed by atoms with Crippen LogP contribution in [0.5, 0.6) is 0 Å². The van der Waals surface area contributed by atoms with Gasteiger partial charge in [-0.2, -0.15) is 0 Å². The van der Waals surface area contributed by atoms with Crippen molar-refractivity contribution >= 4 is 16.7 Å². The normalized spacial score (nSPS) is 26.5. The lowest BCUT2D eigenvalue weighted by atomic mass is 9.75. The van der Waals surface area contributed by atoms with Crippen molar-refractivity contribution in [2.45, 2.75) is 50.6 Å². The number of likely N-dealkylation sites (N-methyl/N-ethyl adjacent to an activating group) is 2. The van der Waals surface area contributed by atoms with Crippen LogP contribution in [-0.4, -0.2) is 48.4 Å². The van der Waals surface area contributed by atoms with Gasteiger partial charge < -0.3 is 9.80 Å². The number of carbonyl (C=O) groups excluding carboxylic acids is 1. The molecular formula is C23H30N2O. The van der Waals surface area contributed by atoms with Crippen LogP contribution in [0.2, 0.25) is 0 Å². The Hall–Kier alpha value is -1.87. The Morgan fingerprint density at radius 1 is 1.08 bits per heavy atom. The maximum Gasteiger partial charge on any atom is 0.227 e. The molecule has 3 unspecified atom stereocenters. The van der Waals surface area contributed by atoms with Crippen LogP contribution in [0.4, 0.5) is 0 Å². The van der Waals surface area contributed by atoms with Gasteiger partial charge in [0.25, 0.3) is 0 Å². The summed E-state index contributed by atoms with van der Waals surface area (Å²) >= 11 is 0. The van der Waals surface area contributed by atoms with E-state index in [0.717, 1.165) is 17.9 Å². The number of fused-ring (bicyclic) bond motifs is 2. The summed E-state index contributed by atoms with van der Waals surface area (Å²) in [5, 5.41) is 2.42. The number of benzene rings is 2. The van der Waals surface area contributed by atoms with E-state index in [1.54, 1.807) is 0 Å². The maximum atomic E-state index is 13.1. The summed E-state index contributed by atoms with van der Waals surface area (Å²) in [4.78, 5) is 17.7. The SMILES string of the molecule is CN1CCCC2CCCC(N(C)C(=O)Cc3cccc4ccccc34)C21. The highest BCUT2D eigenvalue weighted by Crippen LogP contribution is 2.36. The third-order valence-corrected chi connectivity index (χ3v) is 6.66. The molecule has 1 heterocycles. The van der Waals surface area contributed by atoms with Gasteiger partial charge >= 0.3 is 0 Å². The van der Waals surface area contributed by atoms with Crippen molar-refractivity contribution in [3.8, 4) is 0 Å². The van der Waals surface area contributed by atoms with E-state index in [1.165, 1.54) is 43.0 Å². The third kappa shape index (κ3) is 3.25. The van der Waals surface area contributed by atoms with E-state index < -0.39 is 0 Å². The average Bonchev–Trinajstić information content (AvgIpc) is 2.67. The van der Waals surface area contributed by atoms with Gasteiger partial charge in [-0.05, 0) is 61.5 Å². The summed E-state index contributed by atoms with van der Waals surface area (Å²) in [6.07, 6.45) is 6.86. The predicted molar refractivity (Wildman–Crippen MR) is 107 cm³/mol. The van der Waals surface area contributed by atoms with E-state index in [-0.39, 0.29) is 5.91 Å². The van der Waals surface area contributed by atoms with E-state index in [2.05, 4.69) is 59.3 Å². The van der Waals surface area contributed by atoms with E-state index in [9.17, 15) is 4.79 Å². The van der Waals surface area contributed by atoms with Crippen LogP contribution in [0.25, 0.3) is 10.8 Å². The number of rotatable bonds is 3. The second-order valence-corrected chi connectivity index (χ2v) is 8.19. The summed E-state index contributed by atoms with van der Waals surface area (Å²) in [6, 6.07) is 15.6. The van der Waals surface area contributed by atoms with Gasteiger partial charge in [0.2, 0.25) is 5.91 Å². The van der Waals surface area contributed by atoms with Gasteiger partial charge in [0.05, 0.1) is 6.42 Å². The molecule has 0 aromatic heterocycles. The zero-order valence-electron chi connectivity index (χ0n) is 16.0. The molecule has 3 heteroatoms. The van der Waals surface area contributed by atoms with Crippen LogP contribution >= 0.6 is 0 Å². The largest absolute Gasteiger partial charge is 0.341 e. The fourth-order valence-electron chi connectivity index (χ4n) is 5.31. The smallest absolute Gasteiger partial charge is 0.227 e. The first-order valence-corrected chi connectivity index (χ1v) is 10.1. The molecule has 0 bridgehead atoms. The number of likely N-dealkylation sites (tertiary alicyclic amines) is 1. The molecule has 1 aliphatic carbocycles. The molecule has 0 radical (unpaired) electrons. The molecule has 4 rings (SSSR count). The van der Waals surface area contributed by atoms with Crippen LogP contribution in [0.3, 0.4) is 0 Å². The van der Waals surface area contributed by atoms with Crippen LogP contribution < -0.4 is 0 Å². The van der Waals surface area contributed by atoms with Gasteiger partial charge in [0, 0.05) is 19.1 Å². The van der Waals surface area contributed by atoms with Gasteiger partial charge in [-0.15, -0.1) is 0 Å². The van der Waals surface area contributed by atoms with Crippen molar-refractivity contribution in [1.29, 1.82) is 0 Å². The number of piperidine rings is 1. The van der Waals surface area contributed by atoms with E-state index in [1.807, 2.05) is 7.05 Å². The van der Waals surface area contributed by atoms with Crippen molar-refractivity contribution in [2.75, 3.05) is 20.6 Å². The Kier molecular flexibility index (Phi) is 4.99. The van der Waals surface area contributed by atoms with E-state index >= 15 is 0 Å². The zero-order chi connectivity index (χ0) is 18.1. The highest BCUT2D eigenvalue weighted by atomic mass is 16.2. The van der Waals surface area contributed by atoms with Gasteiger partial charge in [0.1, 0.15) is 0 Å². The van der Waals surface area contributed by atoms with Crippen LogP contribution in [-0.2, 0) is 11.2 Å². The number of nitrogens with zero attached hydrogens (tertiary/aromatic N) is 2. The monoisotopic (exact) mass is 350 g/mol. The molecular weight excluding hydrogens is 320 g/mol. The molecule has 2 fully saturated rings. The molecule has 1 saturated carbocycles. The van der Waals surface area contributed by atoms with Crippen LogP contribution in [0.15, 0.2) is 42.5 Å². The predicted octanol–water partition coefficient (Wildman–Crippen LogP) is 4.10. The average molecular weight is 351 g/mol. The number of hydrogen-bond donors (Lipinski definition) is 0. The Morgan fingerprint density at radius 2 is 1.85 bits per heavy atom. The molecule has 0 N–H and O–H groups in total. The van der Waals surface area contributed by atoms with Crippen molar-refractivity contribution in [1.82, 2.24) is 9.80 Å². The Labute approximate surface area is 157 Å². The minimum absolute atomic E-state index is 0.256. The second-order valence-electron chi connectivity index (χ2n) is 8.19. The highest BCUT2D eigenvalue weighted by molar-refractivity contribution is 5.90. The topological polar surface area (TPSA) is 23.6 Å². The summed E-state index contributed by atoms with van der Waals surface area (Å²) in [5.74, 6) is 1.02.